The summed E-state index contributed by atoms with van der Waals surface area (Å²) in [5.41, 5.74) is -0.197. The molecule has 2 aromatic carbocycles. The van der Waals surface area contributed by atoms with Gasteiger partial charge in [-0.15, -0.1) is 16.8 Å². The number of rotatable bonds is 11. The molecule has 1 heterocycles. The Bertz CT molecular complexity index is 1160. The molecule has 0 atom stereocenters. The van der Waals surface area contributed by atoms with E-state index in [1.807, 2.05) is 12.1 Å². The van der Waals surface area contributed by atoms with Crippen molar-refractivity contribution in [1.82, 2.24) is 15.1 Å². The average molecular weight is 520 g/mol. The predicted molar refractivity (Wildman–Crippen MR) is 132 cm³/mol. The molecule has 0 bridgehead atoms. The summed E-state index contributed by atoms with van der Waals surface area (Å²) in [6, 6.07) is 12.3. The Morgan fingerprint density at radius 2 is 1.72 bits per heavy atom. The van der Waals surface area contributed by atoms with E-state index in [9.17, 15) is 18.0 Å². The smallest absolute Gasteiger partial charge is 0.416 e. The van der Waals surface area contributed by atoms with Crippen LogP contribution in [0, 0.1) is 0 Å². The van der Waals surface area contributed by atoms with Crippen molar-refractivity contribution in [2.45, 2.75) is 45.6 Å². The summed E-state index contributed by atoms with van der Waals surface area (Å²) in [5, 5.41) is 9.67. The number of esters is 1. The molecule has 0 aliphatic carbocycles. The zero-order valence-corrected chi connectivity index (χ0v) is 21.2. The number of carbonyl (C=O) groups is 1. The number of alkyl halides is 3. The number of hydrogen-bond donors (Lipinski definition) is 0. The van der Waals surface area contributed by atoms with Gasteiger partial charge in [0.1, 0.15) is 15.8 Å². The molecule has 0 unspecified atom stereocenters. The number of hydrogen-bond acceptors (Lipinski definition) is 7. The lowest BCUT2D eigenvalue weighted by Crippen LogP contribution is -2.39. The second-order valence-electron chi connectivity index (χ2n) is 8.51. The molecular formula is C26H28F3N3O3S. The zero-order chi connectivity index (χ0) is 26.3. The molecule has 0 saturated heterocycles. The van der Waals surface area contributed by atoms with Crippen LogP contribution in [0.25, 0.3) is 10.6 Å². The number of halogens is 3. The van der Waals surface area contributed by atoms with Gasteiger partial charge in [-0.05, 0) is 50.6 Å². The Morgan fingerprint density at radius 3 is 2.31 bits per heavy atom. The van der Waals surface area contributed by atoms with E-state index in [0.717, 1.165) is 22.7 Å². The number of benzene rings is 2. The summed E-state index contributed by atoms with van der Waals surface area (Å²) in [6.07, 6.45) is -2.59. The van der Waals surface area contributed by atoms with Gasteiger partial charge in [0.2, 0.25) is 0 Å². The van der Waals surface area contributed by atoms with Crippen LogP contribution in [0.2, 0.25) is 0 Å². The molecule has 36 heavy (non-hydrogen) atoms. The van der Waals surface area contributed by atoms with Gasteiger partial charge in [-0.1, -0.05) is 41.7 Å². The first-order valence-electron chi connectivity index (χ1n) is 11.3. The molecule has 10 heteroatoms. The van der Waals surface area contributed by atoms with Crippen molar-refractivity contribution in [1.29, 1.82) is 0 Å². The van der Waals surface area contributed by atoms with Gasteiger partial charge in [0.05, 0.1) is 18.7 Å². The highest BCUT2D eigenvalue weighted by Crippen LogP contribution is 2.32. The van der Waals surface area contributed by atoms with Gasteiger partial charge in [0, 0.05) is 18.7 Å². The number of ether oxygens (including phenoxy) is 2. The maximum atomic E-state index is 12.8. The molecule has 0 radical (unpaired) electrons. The second kappa shape index (κ2) is 11.7. The highest BCUT2D eigenvalue weighted by atomic mass is 32.1. The van der Waals surface area contributed by atoms with E-state index in [1.54, 1.807) is 39.0 Å². The maximum absolute atomic E-state index is 12.8. The SMILES string of the molecule is C=CCN(Cc1ccc(OC(C)(C)C(=O)OCC)cc1)Cc1nnc(-c2ccc(C(F)(F)F)cc2)s1. The summed E-state index contributed by atoms with van der Waals surface area (Å²) in [4.78, 5) is 14.2. The zero-order valence-electron chi connectivity index (χ0n) is 20.3. The molecule has 0 amide bonds. The van der Waals surface area contributed by atoms with Gasteiger partial charge in [0.15, 0.2) is 5.60 Å². The van der Waals surface area contributed by atoms with E-state index in [1.165, 1.54) is 23.5 Å². The van der Waals surface area contributed by atoms with Gasteiger partial charge in [-0.2, -0.15) is 13.2 Å². The standard InChI is InChI=1S/C26H28F3N3O3S/c1-5-15-32(16-18-7-13-21(14-8-18)35-25(3,4)24(33)34-6-2)17-22-30-31-23(36-22)19-9-11-20(12-10-19)26(27,28)29/h5,7-14H,1,6,15-17H2,2-4H3. The molecule has 1 aromatic heterocycles. The minimum Gasteiger partial charge on any atom is -0.476 e. The second-order valence-corrected chi connectivity index (χ2v) is 9.57. The summed E-state index contributed by atoms with van der Waals surface area (Å²) < 4.78 is 49.3. The largest absolute Gasteiger partial charge is 0.476 e. The van der Waals surface area contributed by atoms with E-state index in [2.05, 4.69) is 21.7 Å². The van der Waals surface area contributed by atoms with Crippen molar-refractivity contribution in [2.24, 2.45) is 0 Å². The van der Waals surface area contributed by atoms with Crippen LogP contribution >= 0.6 is 11.3 Å². The van der Waals surface area contributed by atoms with Crippen molar-refractivity contribution >= 4 is 17.3 Å². The van der Waals surface area contributed by atoms with E-state index >= 15 is 0 Å². The number of aromatic nitrogens is 2. The van der Waals surface area contributed by atoms with Gasteiger partial charge >= 0.3 is 12.1 Å². The van der Waals surface area contributed by atoms with Crippen molar-refractivity contribution in [2.75, 3.05) is 13.2 Å². The third-order valence-electron chi connectivity index (χ3n) is 5.14. The summed E-state index contributed by atoms with van der Waals surface area (Å²) in [7, 11) is 0. The summed E-state index contributed by atoms with van der Waals surface area (Å²) in [6.45, 7) is 10.9. The van der Waals surface area contributed by atoms with Gasteiger partial charge < -0.3 is 9.47 Å². The highest BCUT2D eigenvalue weighted by molar-refractivity contribution is 7.14. The molecule has 3 aromatic rings. The van der Waals surface area contributed by atoms with E-state index in [-0.39, 0.29) is 6.61 Å². The van der Waals surface area contributed by atoms with Crippen molar-refractivity contribution in [3.05, 3.63) is 77.3 Å². The molecular weight excluding hydrogens is 491 g/mol. The van der Waals surface area contributed by atoms with Crippen molar-refractivity contribution in [3.8, 4) is 16.3 Å². The molecule has 3 rings (SSSR count). The summed E-state index contributed by atoms with van der Waals surface area (Å²) in [5.74, 6) is 0.122. The quantitative estimate of drug-likeness (QED) is 0.224. The topological polar surface area (TPSA) is 64.5 Å². The van der Waals surface area contributed by atoms with Crippen molar-refractivity contribution < 1.29 is 27.4 Å². The highest BCUT2D eigenvalue weighted by Gasteiger charge is 2.32. The Kier molecular flexibility index (Phi) is 8.86. The Morgan fingerprint density at radius 1 is 1.06 bits per heavy atom. The van der Waals surface area contributed by atoms with Crippen LogP contribution in [0.15, 0.2) is 61.2 Å². The third-order valence-corrected chi connectivity index (χ3v) is 6.10. The minimum atomic E-state index is -4.38. The Hall–Kier alpha value is -3.24. The van der Waals surface area contributed by atoms with E-state index in [0.29, 0.717) is 36.0 Å². The first kappa shape index (κ1) is 27.3. The van der Waals surface area contributed by atoms with Crippen LogP contribution in [0.5, 0.6) is 5.75 Å². The fourth-order valence-corrected chi connectivity index (χ4v) is 4.24. The fraction of sp³-hybridized carbons (Fsp3) is 0.346. The lowest BCUT2D eigenvalue weighted by atomic mass is 10.1. The van der Waals surface area contributed by atoms with Crippen molar-refractivity contribution in [3.63, 3.8) is 0 Å². The lowest BCUT2D eigenvalue weighted by molar-refractivity contribution is -0.158. The molecule has 0 saturated carbocycles. The molecule has 0 N–H and O–H groups in total. The first-order chi connectivity index (χ1) is 17.0. The first-order valence-corrected chi connectivity index (χ1v) is 12.1. The maximum Gasteiger partial charge on any atom is 0.416 e. The third kappa shape index (κ3) is 7.38. The molecule has 6 nitrogen and oxygen atoms in total. The van der Waals surface area contributed by atoms with Gasteiger partial charge in [-0.25, -0.2) is 4.79 Å². The Balaban J connectivity index is 1.64. The van der Waals surface area contributed by atoms with Crippen LogP contribution < -0.4 is 4.74 Å². The lowest BCUT2D eigenvalue weighted by Gasteiger charge is -2.24. The summed E-state index contributed by atoms with van der Waals surface area (Å²) >= 11 is 1.34. The number of nitrogens with zero attached hydrogens (tertiary/aromatic N) is 3. The minimum absolute atomic E-state index is 0.282. The van der Waals surface area contributed by atoms with Crippen LogP contribution in [0.1, 0.15) is 36.9 Å². The monoisotopic (exact) mass is 519 g/mol. The van der Waals surface area contributed by atoms with Crippen LogP contribution in [0.4, 0.5) is 13.2 Å². The van der Waals surface area contributed by atoms with Gasteiger partial charge in [0.25, 0.3) is 0 Å². The van der Waals surface area contributed by atoms with Crippen LogP contribution in [-0.4, -0.2) is 39.8 Å². The predicted octanol–water partition coefficient (Wildman–Crippen LogP) is 6.13. The fourth-order valence-electron chi connectivity index (χ4n) is 3.36. The molecule has 192 valence electrons. The molecule has 0 spiro atoms. The average Bonchev–Trinajstić information content (AvgIpc) is 3.28. The normalized spacial score (nSPS) is 12.0. The van der Waals surface area contributed by atoms with Crippen LogP contribution in [-0.2, 0) is 28.8 Å². The van der Waals surface area contributed by atoms with E-state index in [4.69, 9.17) is 9.47 Å². The van der Waals surface area contributed by atoms with E-state index < -0.39 is 23.3 Å². The number of carbonyl (C=O) groups excluding carboxylic acids is 1. The van der Waals surface area contributed by atoms with Gasteiger partial charge in [-0.3, -0.25) is 4.90 Å². The molecule has 0 aliphatic heterocycles. The Labute approximate surface area is 212 Å². The molecule has 0 aliphatic rings. The molecule has 0 fully saturated rings. The van der Waals surface area contributed by atoms with Crippen LogP contribution in [0.3, 0.4) is 0 Å².